The number of aromatic nitrogens is 4. The van der Waals surface area contributed by atoms with Gasteiger partial charge < -0.3 is 23.9 Å². The summed E-state index contributed by atoms with van der Waals surface area (Å²) < 4.78 is 22.4. The van der Waals surface area contributed by atoms with Crippen LogP contribution in [0.1, 0.15) is 11.1 Å². The fraction of sp³-hybridized carbons (Fsp3) is 0.238. The summed E-state index contributed by atoms with van der Waals surface area (Å²) in [7, 11) is 4.52. The van der Waals surface area contributed by atoms with Crippen LogP contribution in [-0.4, -0.2) is 46.9 Å². The van der Waals surface area contributed by atoms with Gasteiger partial charge in [-0.3, -0.25) is 4.79 Å². The third-order valence-corrected chi connectivity index (χ3v) is 4.64. The summed E-state index contributed by atoms with van der Waals surface area (Å²) >= 11 is 0. The van der Waals surface area contributed by atoms with Crippen LogP contribution in [0.2, 0.25) is 0 Å². The number of methoxy groups -OCH3 is 3. The summed E-state index contributed by atoms with van der Waals surface area (Å²) in [5.41, 5.74) is 2.04. The van der Waals surface area contributed by atoms with Gasteiger partial charge >= 0.3 is 5.97 Å². The minimum absolute atomic E-state index is 0.0270. The number of hydrogen-bond donors (Lipinski definition) is 1. The first-order chi connectivity index (χ1) is 15.1. The molecule has 0 radical (unpaired) electrons. The van der Waals surface area contributed by atoms with Crippen molar-refractivity contribution in [3.63, 3.8) is 0 Å². The number of carbonyl (C=O) groups excluding carboxylic acids is 1. The Labute approximate surface area is 177 Å². The lowest BCUT2D eigenvalue weighted by Crippen LogP contribution is -2.11. The molecule has 0 bridgehead atoms. The number of nitrogens with one attached hydrogen (secondary N) is 1. The van der Waals surface area contributed by atoms with Crippen LogP contribution in [0.3, 0.4) is 0 Å². The minimum atomic E-state index is -0.391. The van der Waals surface area contributed by atoms with E-state index in [0.717, 1.165) is 5.56 Å². The SMILES string of the molecule is COC(=O)Cc1cnc(NCc2ccc(OC)c(OC)c2)n2nc(-c3ccco3)nc12. The number of rotatable bonds is 8. The van der Waals surface area contributed by atoms with E-state index >= 15 is 0 Å². The predicted octanol–water partition coefficient (Wildman–Crippen LogP) is 2.73. The average Bonchev–Trinajstić information content (AvgIpc) is 3.48. The zero-order chi connectivity index (χ0) is 21.8. The predicted molar refractivity (Wildman–Crippen MR) is 111 cm³/mol. The van der Waals surface area contributed by atoms with Crippen LogP contribution < -0.4 is 14.8 Å². The number of nitrogens with zero attached hydrogens (tertiary/aromatic N) is 4. The van der Waals surface area contributed by atoms with Gasteiger partial charge in [0.05, 0.1) is 34.0 Å². The van der Waals surface area contributed by atoms with Crippen LogP contribution in [0.4, 0.5) is 5.95 Å². The van der Waals surface area contributed by atoms with Gasteiger partial charge in [0.15, 0.2) is 22.9 Å². The summed E-state index contributed by atoms with van der Waals surface area (Å²) in [6, 6.07) is 9.16. The van der Waals surface area contributed by atoms with E-state index in [2.05, 4.69) is 20.4 Å². The molecule has 0 unspecified atom stereocenters. The van der Waals surface area contributed by atoms with Crippen LogP contribution >= 0.6 is 0 Å². The summed E-state index contributed by atoms with van der Waals surface area (Å²) in [6.45, 7) is 0.453. The molecule has 160 valence electrons. The highest BCUT2D eigenvalue weighted by Gasteiger charge is 2.18. The summed E-state index contributed by atoms with van der Waals surface area (Å²) in [5, 5.41) is 7.76. The Kier molecular flexibility index (Phi) is 5.69. The number of carbonyl (C=O) groups is 1. The third-order valence-electron chi connectivity index (χ3n) is 4.64. The minimum Gasteiger partial charge on any atom is -0.493 e. The lowest BCUT2D eigenvalue weighted by atomic mass is 10.2. The second-order valence-corrected chi connectivity index (χ2v) is 6.55. The van der Waals surface area contributed by atoms with Gasteiger partial charge in [0.25, 0.3) is 0 Å². The first-order valence-electron chi connectivity index (χ1n) is 9.43. The van der Waals surface area contributed by atoms with E-state index in [4.69, 9.17) is 18.6 Å². The number of benzene rings is 1. The Balaban J connectivity index is 1.67. The van der Waals surface area contributed by atoms with Crippen molar-refractivity contribution in [2.75, 3.05) is 26.6 Å². The molecule has 3 heterocycles. The Morgan fingerprint density at radius 3 is 2.71 bits per heavy atom. The number of furan rings is 1. The molecule has 0 amide bonds. The van der Waals surface area contributed by atoms with Crippen molar-refractivity contribution in [1.29, 1.82) is 0 Å². The molecule has 0 aliphatic carbocycles. The Hall–Kier alpha value is -4.08. The van der Waals surface area contributed by atoms with Crippen molar-refractivity contribution in [1.82, 2.24) is 19.6 Å². The third kappa shape index (κ3) is 4.13. The van der Waals surface area contributed by atoms with Crippen LogP contribution in [0.25, 0.3) is 17.2 Å². The normalized spacial score (nSPS) is 10.8. The van der Waals surface area contributed by atoms with E-state index < -0.39 is 5.97 Å². The van der Waals surface area contributed by atoms with Crippen molar-refractivity contribution >= 4 is 17.6 Å². The van der Waals surface area contributed by atoms with Crippen molar-refractivity contribution < 1.29 is 23.4 Å². The zero-order valence-electron chi connectivity index (χ0n) is 17.3. The van der Waals surface area contributed by atoms with Gasteiger partial charge in [0.2, 0.25) is 11.8 Å². The quantitative estimate of drug-likeness (QED) is 0.427. The summed E-state index contributed by atoms with van der Waals surface area (Å²) in [5.74, 6) is 2.25. The molecule has 4 aromatic rings. The van der Waals surface area contributed by atoms with Crippen LogP contribution in [-0.2, 0) is 22.5 Å². The van der Waals surface area contributed by atoms with Crippen molar-refractivity contribution in [3.05, 3.63) is 53.9 Å². The lowest BCUT2D eigenvalue weighted by Gasteiger charge is -2.11. The summed E-state index contributed by atoms with van der Waals surface area (Å²) in [4.78, 5) is 20.8. The van der Waals surface area contributed by atoms with E-state index in [0.29, 0.717) is 46.8 Å². The van der Waals surface area contributed by atoms with E-state index in [1.807, 2.05) is 18.2 Å². The van der Waals surface area contributed by atoms with Crippen molar-refractivity contribution in [2.45, 2.75) is 13.0 Å². The maximum Gasteiger partial charge on any atom is 0.310 e. The molecule has 31 heavy (non-hydrogen) atoms. The molecule has 4 rings (SSSR count). The molecule has 1 N–H and O–H groups in total. The van der Waals surface area contributed by atoms with Gasteiger partial charge in [0, 0.05) is 18.3 Å². The second kappa shape index (κ2) is 8.74. The first kappa shape index (κ1) is 20.2. The maximum atomic E-state index is 11.8. The fourth-order valence-corrected chi connectivity index (χ4v) is 3.07. The maximum absolute atomic E-state index is 11.8. The number of ether oxygens (including phenoxy) is 3. The highest BCUT2D eigenvalue weighted by Crippen LogP contribution is 2.28. The first-order valence-corrected chi connectivity index (χ1v) is 9.43. The number of esters is 1. The molecule has 0 spiro atoms. The molecular weight excluding hydrogens is 402 g/mol. The molecule has 0 saturated carbocycles. The molecule has 0 aliphatic heterocycles. The van der Waals surface area contributed by atoms with Crippen LogP contribution in [0.15, 0.2) is 47.2 Å². The van der Waals surface area contributed by atoms with Gasteiger partial charge in [-0.25, -0.2) is 9.97 Å². The van der Waals surface area contributed by atoms with Gasteiger partial charge in [-0.1, -0.05) is 6.07 Å². The molecule has 10 nitrogen and oxygen atoms in total. The molecular formula is C21H21N5O5. The average molecular weight is 423 g/mol. The molecule has 3 aromatic heterocycles. The van der Waals surface area contributed by atoms with Crippen molar-refractivity contribution in [2.24, 2.45) is 0 Å². The number of fused-ring (bicyclic) bond motifs is 1. The molecule has 0 fully saturated rings. The van der Waals surface area contributed by atoms with Gasteiger partial charge in [0.1, 0.15) is 0 Å². The monoisotopic (exact) mass is 423 g/mol. The smallest absolute Gasteiger partial charge is 0.310 e. The van der Waals surface area contributed by atoms with E-state index in [-0.39, 0.29) is 6.42 Å². The van der Waals surface area contributed by atoms with Crippen LogP contribution in [0, 0.1) is 0 Å². The Morgan fingerprint density at radius 2 is 2.00 bits per heavy atom. The number of hydrogen-bond acceptors (Lipinski definition) is 9. The van der Waals surface area contributed by atoms with Gasteiger partial charge in [-0.15, -0.1) is 5.10 Å². The van der Waals surface area contributed by atoms with E-state index in [1.165, 1.54) is 7.11 Å². The van der Waals surface area contributed by atoms with Crippen molar-refractivity contribution in [3.8, 4) is 23.1 Å². The van der Waals surface area contributed by atoms with Crippen LogP contribution in [0.5, 0.6) is 11.5 Å². The van der Waals surface area contributed by atoms with E-state index in [1.54, 1.807) is 43.3 Å². The molecule has 0 saturated heterocycles. The molecule has 10 heteroatoms. The fourth-order valence-electron chi connectivity index (χ4n) is 3.07. The molecule has 1 aromatic carbocycles. The highest BCUT2D eigenvalue weighted by molar-refractivity contribution is 5.75. The van der Waals surface area contributed by atoms with E-state index in [9.17, 15) is 4.79 Å². The van der Waals surface area contributed by atoms with Gasteiger partial charge in [-0.2, -0.15) is 4.52 Å². The molecule has 0 aliphatic rings. The zero-order valence-corrected chi connectivity index (χ0v) is 17.3. The standard InChI is InChI=1S/C21H21N5O5/c1-28-15-7-6-13(9-17(15)29-2)11-22-21-23-12-14(10-18(27)30-3)20-24-19(25-26(20)21)16-5-4-8-31-16/h4-9,12H,10-11H2,1-3H3,(H,22,23). The second-order valence-electron chi connectivity index (χ2n) is 6.55. The summed E-state index contributed by atoms with van der Waals surface area (Å²) in [6.07, 6.45) is 3.16. The highest BCUT2D eigenvalue weighted by atomic mass is 16.5. The topological polar surface area (TPSA) is 113 Å². The largest absolute Gasteiger partial charge is 0.493 e. The Bertz CT molecular complexity index is 1200. The molecule has 0 atom stereocenters. The Morgan fingerprint density at radius 1 is 1.16 bits per heavy atom. The van der Waals surface area contributed by atoms with Gasteiger partial charge in [-0.05, 0) is 29.8 Å². The number of anilines is 1. The lowest BCUT2D eigenvalue weighted by molar-refractivity contribution is -0.139.